The summed E-state index contributed by atoms with van der Waals surface area (Å²) in [6.07, 6.45) is 3.33. The molecule has 0 saturated heterocycles. The maximum Gasteiger partial charge on any atom is 0.354 e. The molecule has 0 atom stereocenters. The van der Waals surface area contributed by atoms with E-state index in [0.717, 1.165) is 17.0 Å². The number of sulfonamides is 1. The van der Waals surface area contributed by atoms with Crippen LogP contribution in [0, 0.1) is 6.92 Å². The van der Waals surface area contributed by atoms with Crippen LogP contribution >= 0.6 is 0 Å². The van der Waals surface area contributed by atoms with Crippen LogP contribution in [0.3, 0.4) is 0 Å². The van der Waals surface area contributed by atoms with E-state index in [9.17, 15) is 23.1 Å². The molecule has 11 heteroatoms. The highest BCUT2D eigenvalue weighted by Gasteiger charge is 2.23. The number of benzene rings is 2. The van der Waals surface area contributed by atoms with E-state index >= 15 is 0 Å². The van der Waals surface area contributed by atoms with Crippen molar-refractivity contribution >= 4 is 33.1 Å². The van der Waals surface area contributed by atoms with Crippen molar-refractivity contribution in [3.63, 3.8) is 0 Å². The van der Waals surface area contributed by atoms with Gasteiger partial charge in [-0.3, -0.25) is 9.78 Å². The Morgan fingerprint density at radius 2 is 1.73 bits per heavy atom. The summed E-state index contributed by atoms with van der Waals surface area (Å²) in [6.45, 7) is 4.17. The minimum absolute atomic E-state index is 0.0464. The van der Waals surface area contributed by atoms with Crippen LogP contribution in [-0.2, 0) is 23.0 Å². The molecule has 0 spiro atoms. The van der Waals surface area contributed by atoms with Gasteiger partial charge in [-0.25, -0.2) is 27.9 Å². The topological polar surface area (TPSA) is 144 Å². The molecule has 5 rings (SSSR count). The van der Waals surface area contributed by atoms with E-state index < -0.39 is 21.9 Å². The molecule has 1 amide bonds. The fourth-order valence-corrected chi connectivity index (χ4v) is 5.61. The summed E-state index contributed by atoms with van der Waals surface area (Å²) in [4.78, 5) is 37.0. The summed E-state index contributed by atoms with van der Waals surface area (Å²) in [5.41, 5.74) is 3.95. The van der Waals surface area contributed by atoms with Crippen LogP contribution in [0.1, 0.15) is 44.7 Å². The molecule has 0 aliphatic rings. The first-order chi connectivity index (χ1) is 19.2. The number of carbonyl (C=O) groups excluding carboxylic acids is 1. The van der Waals surface area contributed by atoms with Crippen molar-refractivity contribution in [2.75, 3.05) is 0 Å². The number of carboxylic acid groups (broad SMARTS) is 1. The quantitative estimate of drug-likeness (QED) is 0.289. The van der Waals surface area contributed by atoms with Crippen LogP contribution in [-0.4, -0.2) is 44.9 Å². The summed E-state index contributed by atoms with van der Waals surface area (Å²) < 4.78 is 30.3. The second kappa shape index (κ2) is 10.7. The molecule has 0 unspecified atom stereocenters. The van der Waals surface area contributed by atoms with E-state index in [1.807, 2.05) is 30.5 Å². The van der Waals surface area contributed by atoms with Gasteiger partial charge in [0.05, 0.1) is 6.54 Å². The van der Waals surface area contributed by atoms with Crippen LogP contribution in [0.25, 0.3) is 22.3 Å². The number of carboxylic acids is 1. The van der Waals surface area contributed by atoms with E-state index in [2.05, 4.69) is 19.7 Å². The van der Waals surface area contributed by atoms with Gasteiger partial charge in [0.25, 0.3) is 15.9 Å². The predicted molar refractivity (Wildman–Crippen MR) is 148 cm³/mol. The van der Waals surface area contributed by atoms with Gasteiger partial charge in [-0.15, -0.1) is 0 Å². The van der Waals surface area contributed by atoms with Gasteiger partial charge in [0, 0.05) is 29.9 Å². The number of aryl methyl sites for hydroxylation is 2. The van der Waals surface area contributed by atoms with Crippen molar-refractivity contribution in [3.8, 4) is 11.1 Å². The lowest BCUT2D eigenvalue weighted by molar-refractivity contribution is 0.0690. The Morgan fingerprint density at radius 3 is 2.40 bits per heavy atom. The summed E-state index contributed by atoms with van der Waals surface area (Å²) in [5, 5.41) is 9.48. The first-order valence-corrected chi connectivity index (χ1v) is 13.9. The molecule has 0 aliphatic carbocycles. The molecule has 3 aromatic heterocycles. The molecule has 0 fully saturated rings. The second-order valence-electron chi connectivity index (χ2n) is 9.14. The van der Waals surface area contributed by atoms with Crippen LogP contribution < -0.4 is 4.72 Å². The number of nitrogens with one attached hydrogen (secondary N) is 1. The number of fused-ring (bicyclic) bond motifs is 1. The maximum atomic E-state index is 13.2. The first kappa shape index (κ1) is 26.7. The first-order valence-electron chi connectivity index (χ1n) is 12.4. The average Bonchev–Trinajstić information content (AvgIpc) is 3.31. The molecular weight excluding hydrogens is 530 g/mol. The van der Waals surface area contributed by atoms with E-state index in [0.29, 0.717) is 35.3 Å². The lowest BCUT2D eigenvalue weighted by Crippen LogP contribution is -2.31. The Bertz CT molecular complexity index is 1850. The molecule has 202 valence electrons. The van der Waals surface area contributed by atoms with Gasteiger partial charge in [0.2, 0.25) is 0 Å². The standard InChI is InChI=1S/C29H25N5O5S/c1-3-25-32-26-18(2)15-23(29(36)37)31-27(26)34(25)17-19-9-11-20(12-10-19)22-13-14-30-16-24(22)40(38,39)33-28(35)21-7-5-4-6-8-21/h4-16H,3,17H2,1-2H3,(H,33,35)(H,36,37). The van der Waals surface area contributed by atoms with Crippen LogP contribution in [0.5, 0.6) is 0 Å². The Hall–Kier alpha value is -4.90. The van der Waals surface area contributed by atoms with Gasteiger partial charge < -0.3 is 9.67 Å². The van der Waals surface area contributed by atoms with Crippen molar-refractivity contribution in [2.45, 2.75) is 31.7 Å². The molecule has 0 saturated carbocycles. The van der Waals surface area contributed by atoms with E-state index in [-0.39, 0.29) is 16.2 Å². The molecule has 0 aliphatic heterocycles. The van der Waals surface area contributed by atoms with E-state index in [4.69, 9.17) is 0 Å². The van der Waals surface area contributed by atoms with Gasteiger partial charge >= 0.3 is 5.97 Å². The summed E-state index contributed by atoms with van der Waals surface area (Å²) >= 11 is 0. The van der Waals surface area contributed by atoms with Crippen molar-refractivity contribution in [1.29, 1.82) is 0 Å². The Kier molecular flexibility index (Phi) is 7.14. The van der Waals surface area contributed by atoms with Crippen molar-refractivity contribution in [1.82, 2.24) is 24.2 Å². The fourth-order valence-electron chi connectivity index (χ4n) is 4.46. The Labute approximate surface area is 230 Å². The van der Waals surface area contributed by atoms with Gasteiger partial charge in [0.1, 0.15) is 16.2 Å². The van der Waals surface area contributed by atoms with Crippen LogP contribution in [0.4, 0.5) is 0 Å². The molecule has 2 aromatic carbocycles. The lowest BCUT2D eigenvalue weighted by atomic mass is 10.0. The molecule has 2 N–H and O–H groups in total. The summed E-state index contributed by atoms with van der Waals surface area (Å²) in [5.74, 6) is -1.07. The number of pyridine rings is 2. The van der Waals surface area contributed by atoms with Crippen molar-refractivity contribution in [3.05, 3.63) is 107 Å². The number of aromatic nitrogens is 4. The minimum atomic E-state index is -4.22. The molecule has 5 aromatic rings. The normalized spacial score (nSPS) is 11.4. The third-order valence-corrected chi connectivity index (χ3v) is 7.81. The molecule has 40 heavy (non-hydrogen) atoms. The molecule has 0 bridgehead atoms. The predicted octanol–water partition coefficient (Wildman–Crippen LogP) is 4.23. The van der Waals surface area contributed by atoms with Crippen molar-refractivity contribution < 1.29 is 23.1 Å². The number of carbonyl (C=O) groups is 2. The number of imidazole rings is 1. The highest BCUT2D eigenvalue weighted by Crippen LogP contribution is 2.28. The average molecular weight is 556 g/mol. The highest BCUT2D eigenvalue weighted by atomic mass is 32.2. The zero-order valence-corrected chi connectivity index (χ0v) is 22.5. The number of rotatable bonds is 8. The number of aromatic carboxylic acids is 1. The van der Waals surface area contributed by atoms with Gasteiger partial charge in [-0.05, 0) is 47.9 Å². The number of hydrogen-bond acceptors (Lipinski definition) is 7. The lowest BCUT2D eigenvalue weighted by Gasteiger charge is -2.13. The monoisotopic (exact) mass is 555 g/mol. The Morgan fingerprint density at radius 1 is 1.00 bits per heavy atom. The number of hydrogen-bond donors (Lipinski definition) is 2. The zero-order chi connectivity index (χ0) is 28.4. The SMILES string of the molecule is CCc1nc2c(C)cc(C(=O)O)nc2n1Cc1ccc(-c2ccncc2S(=O)(=O)NC(=O)c2ccccc2)cc1. The van der Waals surface area contributed by atoms with Gasteiger partial charge in [-0.1, -0.05) is 49.4 Å². The smallest absolute Gasteiger partial charge is 0.354 e. The summed E-state index contributed by atoms with van der Waals surface area (Å²) in [7, 11) is -4.22. The molecular formula is C29H25N5O5S. The van der Waals surface area contributed by atoms with Crippen LogP contribution in [0.2, 0.25) is 0 Å². The molecule has 0 radical (unpaired) electrons. The summed E-state index contributed by atoms with van der Waals surface area (Å²) in [6, 6.07) is 18.5. The third-order valence-electron chi connectivity index (χ3n) is 6.45. The van der Waals surface area contributed by atoms with E-state index in [1.165, 1.54) is 30.6 Å². The van der Waals surface area contributed by atoms with Gasteiger partial charge in [0.15, 0.2) is 11.3 Å². The largest absolute Gasteiger partial charge is 0.477 e. The Balaban J connectivity index is 1.46. The minimum Gasteiger partial charge on any atom is -0.477 e. The number of amides is 1. The van der Waals surface area contributed by atoms with Crippen LogP contribution in [0.15, 0.2) is 84.0 Å². The van der Waals surface area contributed by atoms with Crippen molar-refractivity contribution in [2.24, 2.45) is 0 Å². The molecule has 10 nitrogen and oxygen atoms in total. The zero-order valence-electron chi connectivity index (χ0n) is 21.7. The maximum absolute atomic E-state index is 13.2. The van der Waals surface area contributed by atoms with E-state index in [1.54, 1.807) is 36.4 Å². The fraction of sp³-hybridized carbons (Fsp3) is 0.138. The second-order valence-corrected chi connectivity index (χ2v) is 10.8. The highest BCUT2D eigenvalue weighted by molar-refractivity contribution is 7.90. The third kappa shape index (κ3) is 5.19. The molecule has 3 heterocycles. The number of nitrogens with zero attached hydrogens (tertiary/aromatic N) is 4. The van der Waals surface area contributed by atoms with Gasteiger partial charge in [-0.2, -0.15) is 0 Å².